The van der Waals surface area contributed by atoms with Crippen LogP contribution in [0.3, 0.4) is 0 Å². The maximum Gasteiger partial charge on any atom is 0.207 e. The largest absolute Gasteiger partial charge is 0.379 e. The monoisotopic (exact) mass is 129 g/mol. The summed E-state index contributed by atoms with van der Waals surface area (Å²) in [5, 5.41) is 2.69. The van der Waals surface area contributed by atoms with Crippen LogP contribution in [0.1, 0.15) is 6.92 Å². The van der Waals surface area contributed by atoms with Crippen molar-refractivity contribution in [3.05, 3.63) is 0 Å². The first-order valence-electron chi connectivity index (χ1n) is 3.12. The fourth-order valence-electron chi connectivity index (χ4n) is 0.961. The molecule has 1 aliphatic heterocycles. The summed E-state index contributed by atoms with van der Waals surface area (Å²) in [6.45, 7) is 3.50. The molecule has 1 amide bonds. The number of ether oxygens (including phenoxy) is 1. The van der Waals surface area contributed by atoms with E-state index in [0.717, 1.165) is 13.0 Å². The Kier molecular flexibility index (Phi) is 2.05. The SMILES string of the molecule is C[C@H]1COC[C@H]1NC=O. The number of hydrogen-bond donors (Lipinski definition) is 1. The van der Waals surface area contributed by atoms with Gasteiger partial charge in [0.25, 0.3) is 0 Å². The molecule has 0 saturated carbocycles. The number of carbonyl (C=O) groups is 1. The van der Waals surface area contributed by atoms with E-state index in [-0.39, 0.29) is 6.04 Å². The molecule has 2 atom stereocenters. The van der Waals surface area contributed by atoms with Crippen molar-refractivity contribution >= 4 is 6.41 Å². The fraction of sp³-hybridized carbons (Fsp3) is 0.833. The van der Waals surface area contributed by atoms with Crippen LogP contribution in [-0.2, 0) is 9.53 Å². The summed E-state index contributed by atoms with van der Waals surface area (Å²) in [6, 6.07) is 0.238. The lowest BCUT2D eigenvalue weighted by molar-refractivity contribution is -0.110. The van der Waals surface area contributed by atoms with Crippen molar-refractivity contribution in [3.63, 3.8) is 0 Å². The van der Waals surface area contributed by atoms with Gasteiger partial charge < -0.3 is 10.1 Å². The molecule has 9 heavy (non-hydrogen) atoms. The van der Waals surface area contributed by atoms with E-state index in [1.165, 1.54) is 0 Å². The molecular formula is C6H11NO2. The van der Waals surface area contributed by atoms with Crippen LogP contribution in [0.15, 0.2) is 0 Å². The Morgan fingerprint density at radius 2 is 2.44 bits per heavy atom. The van der Waals surface area contributed by atoms with E-state index in [9.17, 15) is 4.79 Å². The lowest BCUT2D eigenvalue weighted by atomic mass is 10.1. The smallest absolute Gasteiger partial charge is 0.207 e. The van der Waals surface area contributed by atoms with E-state index >= 15 is 0 Å². The topological polar surface area (TPSA) is 38.3 Å². The Morgan fingerprint density at radius 3 is 2.89 bits per heavy atom. The van der Waals surface area contributed by atoms with Gasteiger partial charge in [0.1, 0.15) is 0 Å². The zero-order valence-corrected chi connectivity index (χ0v) is 5.46. The second-order valence-electron chi connectivity index (χ2n) is 2.41. The molecular weight excluding hydrogens is 118 g/mol. The number of nitrogens with one attached hydrogen (secondary N) is 1. The summed E-state index contributed by atoms with van der Waals surface area (Å²) < 4.78 is 5.10. The highest BCUT2D eigenvalue weighted by atomic mass is 16.5. The van der Waals surface area contributed by atoms with E-state index < -0.39 is 0 Å². The third-order valence-corrected chi connectivity index (χ3v) is 1.65. The first-order valence-corrected chi connectivity index (χ1v) is 3.12. The molecule has 0 aromatic carbocycles. The second-order valence-corrected chi connectivity index (χ2v) is 2.41. The molecule has 52 valence electrons. The van der Waals surface area contributed by atoms with E-state index in [2.05, 4.69) is 12.2 Å². The van der Waals surface area contributed by atoms with Crippen molar-refractivity contribution in [3.8, 4) is 0 Å². The lowest BCUT2D eigenvalue weighted by Gasteiger charge is -2.09. The van der Waals surface area contributed by atoms with Gasteiger partial charge in [0, 0.05) is 5.92 Å². The van der Waals surface area contributed by atoms with Crippen LogP contribution >= 0.6 is 0 Å². The minimum absolute atomic E-state index is 0.238. The lowest BCUT2D eigenvalue weighted by Crippen LogP contribution is -2.32. The molecule has 1 rings (SSSR count). The summed E-state index contributed by atoms with van der Waals surface area (Å²) >= 11 is 0. The minimum Gasteiger partial charge on any atom is -0.379 e. The van der Waals surface area contributed by atoms with E-state index in [4.69, 9.17) is 4.74 Å². The molecule has 3 heteroatoms. The first kappa shape index (κ1) is 6.55. The van der Waals surface area contributed by atoms with Crippen LogP contribution in [-0.4, -0.2) is 25.7 Å². The second kappa shape index (κ2) is 2.82. The molecule has 0 aliphatic carbocycles. The molecule has 0 aromatic heterocycles. The zero-order chi connectivity index (χ0) is 6.69. The van der Waals surface area contributed by atoms with Gasteiger partial charge in [0.2, 0.25) is 6.41 Å². The first-order chi connectivity index (χ1) is 4.34. The Hall–Kier alpha value is -0.570. The molecule has 0 bridgehead atoms. The molecule has 1 fully saturated rings. The molecule has 0 aromatic rings. The highest BCUT2D eigenvalue weighted by Crippen LogP contribution is 2.10. The zero-order valence-electron chi connectivity index (χ0n) is 5.46. The Bertz CT molecular complexity index is 105. The molecule has 1 aliphatic rings. The molecule has 1 N–H and O–H groups in total. The number of hydrogen-bond acceptors (Lipinski definition) is 2. The van der Waals surface area contributed by atoms with Crippen LogP contribution < -0.4 is 5.32 Å². The Morgan fingerprint density at radius 1 is 1.67 bits per heavy atom. The summed E-state index contributed by atoms with van der Waals surface area (Å²) in [7, 11) is 0. The van der Waals surface area contributed by atoms with Crippen LogP contribution in [0.4, 0.5) is 0 Å². The average Bonchev–Trinajstić information content (AvgIpc) is 2.18. The Balaban J connectivity index is 2.30. The molecule has 3 nitrogen and oxygen atoms in total. The summed E-state index contributed by atoms with van der Waals surface area (Å²) in [5.74, 6) is 0.468. The van der Waals surface area contributed by atoms with E-state index in [1.54, 1.807) is 0 Å². The van der Waals surface area contributed by atoms with Crippen molar-refractivity contribution in [2.75, 3.05) is 13.2 Å². The van der Waals surface area contributed by atoms with Gasteiger partial charge in [-0.3, -0.25) is 4.79 Å². The van der Waals surface area contributed by atoms with Crippen molar-refractivity contribution in [1.82, 2.24) is 5.32 Å². The van der Waals surface area contributed by atoms with Gasteiger partial charge in [-0.2, -0.15) is 0 Å². The van der Waals surface area contributed by atoms with Gasteiger partial charge in [-0.1, -0.05) is 6.92 Å². The van der Waals surface area contributed by atoms with Gasteiger partial charge in [-0.15, -0.1) is 0 Å². The van der Waals surface area contributed by atoms with Crippen molar-refractivity contribution in [2.45, 2.75) is 13.0 Å². The van der Waals surface area contributed by atoms with Gasteiger partial charge in [-0.25, -0.2) is 0 Å². The molecule has 1 saturated heterocycles. The van der Waals surface area contributed by atoms with Crippen molar-refractivity contribution in [1.29, 1.82) is 0 Å². The van der Waals surface area contributed by atoms with Crippen LogP contribution in [0, 0.1) is 5.92 Å². The van der Waals surface area contributed by atoms with Gasteiger partial charge >= 0.3 is 0 Å². The molecule has 0 spiro atoms. The van der Waals surface area contributed by atoms with Crippen LogP contribution in [0.2, 0.25) is 0 Å². The maximum absolute atomic E-state index is 9.94. The predicted molar refractivity (Wildman–Crippen MR) is 33.0 cm³/mol. The highest BCUT2D eigenvalue weighted by molar-refractivity contribution is 5.46. The number of carbonyl (C=O) groups excluding carboxylic acids is 1. The summed E-state index contributed by atoms with van der Waals surface area (Å²) in [4.78, 5) is 9.94. The highest BCUT2D eigenvalue weighted by Gasteiger charge is 2.22. The Labute approximate surface area is 54.4 Å². The van der Waals surface area contributed by atoms with E-state index in [1.807, 2.05) is 0 Å². The van der Waals surface area contributed by atoms with Crippen molar-refractivity contribution < 1.29 is 9.53 Å². The maximum atomic E-state index is 9.94. The third kappa shape index (κ3) is 1.42. The molecule has 1 heterocycles. The fourth-order valence-corrected chi connectivity index (χ4v) is 0.961. The van der Waals surface area contributed by atoms with Gasteiger partial charge in [-0.05, 0) is 0 Å². The predicted octanol–water partition coefficient (Wildman–Crippen LogP) is -0.233. The van der Waals surface area contributed by atoms with Crippen LogP contribution in [0.25, 0.3) is 0 Å². The summed E-state index contributed by atoms with van der Waals surface area (Å²) in [6.07, 6.45) is 0.732. The van der Waals surface area contributed by atoms with E-state index in [0.29, 0.717) is 12.5 Å². The van der Waals surface area contributed by atoms with Crippen molar-refractivity contribution in [2.24, 2.45) is 5.92 Å². The summed E-state index contributed by atoms with van der Waals surface area (Å²) in [5.41, 5.74) is 0. The van der Waals surface area contributed by atoms with Gasteiger partial charge in [0.15, 0.2) is 0 Å². The molecule has 0 unspecified atom stereocenters. The quantitative estimate of drug-likeness (QED) is 0.523. The third-order valence-electron chi connectivity index (χ3n) is 1.65. The number of amides is 1. The van der Waals surface area contributed by atoms with Gasteiger partial charge in [0.05, 0.1) is 19.3 Å². The normalized spacial score (nSPS) is 34.3. The standard InChI is InChI=1S/C6H11NO2/c1-5-2-9-3-6(5)7-4-8/h4-6H,2-3H2,1H3,(H,7,8)/t5-,6+/m0/s1. The van der Waals surface area contributed by atoms with Crippen LogP contribution in [0.5, 0.6) is 0 Å². The minimum atomic E-state index is 0.238. The molecule has 0 radical (unpaired) electrons. The average molecular weight is 129 g/mol. The number of rotatable bonds is 2.